The molecule has 1 aromatic carbocycles. The van der Waals surface area contributed by atoms with Crippen LogP contribution in [0, 0.1) is 5.92 Å². The van der Waals surface area contributed by atoms with Crippen LogP contribution in [0.5, 0.6) is 5.75 Å². The highest BCUT2D eigenvalue weighted by Crippen LogP contribution is 2.37. The monoisotopic (exact) mass is 468 g/mol. The highest BCUT2D eigenvalue weighted by molar-refractivity contribution is 5.76. The van der Waals surface area contributed by atoms with Gasteiger partial charge in [-0.25, -0.2) is 0 Å². The zero-order valence-electron chi connectivity index (χ0n) is 19.1. The van der Waals surface area contributed by atoms with E-state index >= 15 is 0 Å². The van der Waals surface area contributed by atoms with E-state index in [4.69, 9.17) is 9.84 Å². The zero-order valence-corrected chi connectivity index (χ0v) is 19.1. The highest BCUT2D eigenvalue weighted by Gasteiger charge is 2.39. The number of hydrogen-bond donors (Lipinski definition) is 2. The van der Waals surface area contributed by atoms with Gasteiger partial charge in [-0.15, -0.1) is 0 Å². The lowest BCUT2D eigenvalue weighted by Crippen LogP contribution is -2.41. The Labute approximate surface area is 193 Å². The van der Waals surface area contributed by atoms with Gasteiger partial charge < -0.3 is 20.1 Å². The minimum absolute atomic E-state index is 0.0819. The molecule has 0 bridgehead atoms. The normalized spacial score (nSPS) is 25.3. The Balaban J connectivity index is 1.13. The van der Waals surface area contributed by atoms with Crippen LogP contribution in [0.4, 0.5) is 13.2 Å². The summed E-state index contributed by atoms with van der Waals surface area (Å²) in [5, 5.41) is 11.7. The largest absolute Gasteiger partial charge is 0.493 e. The van der Waals surface area contributed by atoms with Gasteiger partial charge in [-0.3, -0.25) is 4.79 Å². The van der Waals surface area contributed by atoms with Crippen molar-refractivity contribution in [3.05, 3.63) is 29.3 Å². The fraction of sp³-hybridized carbons (Fsp3) is 0.720. The molecule has 0 radical (unpaired) electrons. The predicted octanol–water partition coefficient (Wildman–Crippen LogP) is 4.18. The second-order valence-corrected chi connectivity index (χ2v) is 9.87. The number of halogens is 3. The summed E-state index contributed by atoms with van der Waals surface area (Å²) in [5.41, 5.74) is 2.89. The number of likely N-dealkylation sites (tertiary alicyclic amines) is 1. The van der Waals surface area contributed by atoms with Gasteiger partial charge in [0.1, 0.15) is 5.75 Å². The van der Waals surface area contributed by atoms with Gasteiger partial charge in [-0.2, -0.15) is 13.2 Å². The molecular weight excluding hydrogens is 433 g/mol. The molecule has 2 aliphatic heterocycles. The first-order valence-electron chi connectivity index (χ1n) is 12.3. The number of carbonyl (C=O) groups is 1. The fourth-order valence-corrected chi connectivity index (χ4v) is 5.64. The summed E-state index contributed by atoms with van der Waals surface area (Å²) >= 11 is 0. The van der Waals surface area contributed by atoms with Crippen LogP contribution in [-0.2, 0) is 11.2 Å². The Morgan fingerprint density at radius 1 is 1.15 bits per heavy atom. The number of nitrogens with zero attached hydrogens (tertiary/aromatic N) is 1. The Hall–Kier alpha value is -1.80. The van der Waals surface area contributed by atoms with E-state index in [1.165, 1.54) is 24.0 Å². The van der Waals surface area contributed by atoms with E-state index in [0.717, 1.165) is 70.5 Å². The summed E-state index contributed by atoms with van der Waals surface area (Å²) < 4.78 is 42.9. The van der Waals surface area contributed by atoms with Gasteiger partial charge in [0.2, 0.25) is 5.91 Å². The van der Waals surface area contributed by atoms with E-state index < -0.39 is 24.6 Å². The Kier molecular flexibility index (Phi) is 7.84. The first-order chi connectivity index (χ1) is 15.8. The van der Waals surface area contributed by atoms with Gasteiger partial charge in [0.25, 0.3) is 0 Å². The molecule has 2 heterocycles. The molecule has 4 rings (SSSR count). The lowest BCUT2D eigenvalue weighted by Gasteiger charge is -2.35. The second-order valence-electron chi connectivity index (χ2n) is 9.87. The van der Waals surface area contributed by atoms with E-state index in [-0.39, 0.29) is 6.04 Å². The number of ether oxygens (including phenoxy) is 1. The quantitative estimate of drug-likeness (QED) is 0.630. The lowest BCUT2D eigenvalue weighted by molar-refractivity contribution is -0.206. The van der Waals surface area contributed by atoms with E-state index in [0.29, 0.717) is 11.8 Å². The maximum atomic E-state index is 12.4. The molecule has 1 aliphatic carbocycles. The summed E-state index contributed by atoms with van der Waals surface area (Å²) in [4.78, 5) is 14.3. The predicted molar refractivity (Wildman–Crippen MR) is 119 cm³/mol. The van der Waals surface area contributed by atoms with E-state index in [1.807, 2.05) is 0 Å². The van der Waals surface area contributed by atoms with Crippen LogP contribution in [0.2, 0.25) is 0 Å². The van der Waals surface area contributed by atoms with Gasteiger partial charge in [-0.05, 0) is 88.0 Å². The minimum Gasteiger partial charge on any atom is -0.493 e. The topological polar surface area (TPSA) is 61.8 Å². The molecule has 5 nitrogen and oxygen atoms in total. The third-order valence-electron chi connectivity index (χ3n) is 7.63. The third-order valence-corrected chi connectivity index (χ3v) is 7.63. The average molecular weight is 469 g/mol. The lowest BCUT2D eigenvalue weighted by atomic mass is 9.83. The zero-order chi connectivity index (χ0) is 23.4. The standard InChI is InChI=1S/C25H35F3N2O3/c26-25(27,28)23(31)16-24(32)29-19-6-4-17(5-7-19)8-12-30-13-9-18(10-14-30)20-2-1-3-22-21(20)11-15-33-22/h1-3,17-19,23,31H,4-16H2,(H,29,32). The number of nitrogens with one attached hydrogen (secondary N) is 1. The van der Waals surface area contributed by atoms with Crippen molar-refractivity contribution in [1.29, 1.82) is 0 Å². The molecule has 0 spiro atoms. The van der Waals surface area contributed by atoms with Crippen molar-refractivity contribution in [3.8, 4) is 5.75 Å². The number of rotatable bonds is 7. The molecule has 1 saturated heterocycles. The fourth-order valence-electron chi connectivity index (χ4n) is 5.64. The Bertz CT molecular complexity index is 801. The van der Waals surface area contributed by atoms with Gasteiger partial charge >= 0.3 is 6.18 Å². The van der Waals surface area contributed by atoms with Crippen LogP contribution in [0.3, 0.4) is 0 Å². The van der Waals surface area contributed by atoms with E-state index in [2.05, 4.69) is 28.4 Å². The summed E-state index contributed by atoms with van der Waals surface area (Å²) in [6, 6.07) is 6.38. The summed E-state index contributed by atoms with van der Waals surface area (Å²) in [5.74, 6) is 1.57. The molecule has 0 aromatic heterocycles. The molecule has 1 aromatic rings. The summed E-state index contributed by atoms with van der Waals surface area (Å²) in [6.07, 6.45) is -0.184. The van der Waals surface area contributed by atoms with Gasteiger partial charge in [-0.1, -0.05) is 12.1 Å². The van der Waals surface area contributed by atoms with Crippen LogP contribution in [0.25, 0.3) is 0 Å². The van der Waals surface area contributed by atoms with Crippen LogP contribution >= 0.6 is 0 Å². The Morgan fingerprint density at radius 3 is 2.58 bits per heavy atom. The highest BCUT2D eigenvalue weighted by atomic mass is 19.4. The van der Waals surface area contributed by atoms with Crippen molar-refractivity contribution in [2.75, 3.05) is 26.2 Å². The van der Waals surface area contributed by atoms with Crippen molar-refractivity contribution < 1.29 is 27.8 Å². The molecule has 3 aliphatic rings. The molecule has 1 amide bonds. The number of aliphatic hydroxyl groups is 1. The number of fused-ring (bicyclic) bond motifs is 1. The Morgan fingerprint density at radius 2 is 1.88 bits per heavy atom. The summed E-state index contributed by atoms with van der Waals surface area (Å²) in [6.45, 7) is 4.11. The van der Waals surface area contributed by atoms with Crippen molar-refractivity contribution in [3.63, 3.8) is 0 Å². The smallest absolute Gasteiger partial charge is 0.414 e. The number of piperidine rings is 1. The molecule has 8 heteroatoms. The molecule has 1 atom stereocenters. The maximum absolute atomic E-state index is 12.4. The second kappa shape index (κ2) is 10.6. The molecule has 2 N–H and O–H groups in total. The van der Waals surface area contributed by atoms with Crippen molar-refractivity contribution in [2.45, 2.75) is 82.0 Å². The number of amides is 1. The van der Waals surface area contributed by atoms with Gasteiger partial charge in [0.15, 0.2) is 6.10 Å². The van der Waals surface area contributed by atoms with Crippen molar-refractivity contribution >= 4 is 5.91 Å². The maximum Gasteiger partial charge on any atom is 0.414 e. The molecular formula is C25H35F3N2O3. The number of hydrogen-bond acceptors (Lipinski definition) is 4. The number of benzene rings is 1. The molecule has 33 heavy (non-hydrogen) atoms. The molecule has 1 unspecified atom stereocenters. The minimum atomic E-state index is -4.75. The van der Waals surface area contributed by atoms with Gasteiger partial charge in [0.05, 0.1) is 13.0 Å². The van der Waals surface area contributed by atoms with Crippen LogP contribution in [-0.4, -0.2) is 60.5 Å². The number of alkyl halides is 3. The van der Waals surface area contributed by atoms with Crippen molar-refractivity contribution in [1.82, 2.24) is 10.2 Å². The number of carbonyl (C=O) groups excluding carboxylic acids is 1. The SMILES string of the molecule is O=C(CC(O)C(F)(F)F)NC1CCC(CCN2CCC(c3cccc4c3CCO4)CC2)CC1. The van der Waals surface area contributed by atoms with Crippen molar-refractivity contribution in [2.24, 2.45) is 5.92 Å². The molecule has 2 fully saturated rings. The molecule has 184 valence electrons. The van der Waals surface area contributed by atoms with Gasteiger partial charge in [0, 0.05) is 18.0 Å². The molecule has 1 saturated carbocycles. The first kappa shape index (κ1) is 24.3. The van der Waals surface area contributed by atoms with E-state index in [9.17, 15) is 18.0 Å². The van der Waals surface area contributed by atoms with Crippen LogP contribution in [0.1, 0.15) is 68.4 Å². The van der Waals surface area contributed by atoms with E-state index in [1.54, 1.807) is 0 Å². The average Bonchev–Trinajstić information content (AvgIpc) is 3.27. The van der Waals surface area contributed by atoms with Crippen LogP contribution in [0.15, 0.2) is 18.2 Å². The third kappa shape index (κ3) is 6.41. The first-order valence-corrected chi connectivity index (χ1v) is 12.3. The number of aliphatic hydroxyl groups excluding tert-OH is 1. The van der Waals surface area contributed by atoms with Crippen LogP contribution < -0.4 is 10.1 Å². The summed E-state index contributed by atoms with van der Waals surface area (Å²) in [7, 11) is 0.